The Morgan fingerprint density at radius 3 is 3.00 bits per heavy atom. The van der Waals surface area contributed by atoms with Crippen molar-refractivity contribution in [2.24, 2.45) is 0 Å². The Morgan fingerprint density at radius 1 is 1.39 bits per heavy atom. The first-order valence-electron chi connectivity index (χ1n) is 7.62. The number of amides is 1. The molecule has 0 atom stereocenters. The number of hydrogen-bond acceptors (Lipinski definition) is 4. The molecule has 1 aliphatic carbocycles. The van der Waals surface area contributed by atoms with Gasteiger partial charge in [-0.15, -0.1) is 10.2 Å². The molecule has 0 bridgehead atoms. The topological polar surface area (TPSA) is 75.6 Å². The van der Waals surface area contributed by atoms with Gasteiger partial charge in [-0.2, -0.15) is 0 Å². The van der Waals surface area contributed by atoms with Gasteiger partial charge in [0.15, 0.2) is 11.0 Å². The number of rotatable bonds is 5. The quantitative estimate of drug-likeness (QED) is 0.706. The van der Waals surface area contributed by atoms with Gasteiger partial charge in [-0.25, -0.2) is 0 Å². The molecule has 0 spiro atoms. The Labute approximate surface area is 137 Å². The molecule has 1 saturated carbocycles. The second kappa shape index (κ2) is 5.73. The van der Waals surface area contributed by atoms with Gasteiger partial charge >= 0.3 is 0 Å². The van der Waals surface area contributed by atoms with E-state index in [-0.39, 0.29) is 5.91 Å². The highest BCUT2D eigenvalue weighted by Crippen LogP contribution is 2.42. The van der Waals surface area contributed by atoms with Crippen molar-refractivity contribution in [3.05, 3.63) is 30.5 Å². The van der Waals surface area contributed by atoms with Gasteiger partial charge < -0.3 is 10.3 Å². The van der Waals surface area contributed by atoms with Crippen molar-refractivity contribution in [2.45, 2.75) is 24.0 Å². The summed E-state index contributed by atoms with van der Waals surface area (Å²) in [5.41, 5.74) is 2.15. The van der Waals surface area contributed by atoms with Crippen molar-refractivity contribution in [1.29, 1.82) is 0 Å². The van der Waals surface area contributed by atoms with Crippen LogP contribution < -0.4 is 5.32 Å². The van der Waals surface area contributed by atoms with Crippen molar-refractivity contribution < 1.29 is 4.79 Å². The smallest absolute Gasteiger partial charge is 0.230 e. The lowest BCUT2D eigenvalue weighted by atomic mass is 10.1. The number of fused-ring (bicyclic) bond motifs is 1. The summed E-state index contributed by atoms with van der Waals surface area (Å²) in [5.74, 6) is 1.23. The second-order valence-electron chi connectivity index (χ2n) is 5.62. The molecule has 0 radical (unpaired) electrons. The molecule has 1 aliphatic rings. The maximum Gasteiger partial charge on any atom is 0.230 e. The number of nitrogens with zero attached hydrogens (tertiary/aromatic N) is 3. The zero-order valence-electron chi connectivity index (χ0n) is 12.7. The molecule has 0 unspecified atom stereocenters. The van der Waals surface area contributed by atoms with Gasteiger partial charge in [0.25, 0.3) is 0 Å². The van der Waals surface area contributed by atoms with Crippen molar-refractivity contribution >= 4 is 28.6 Å². The van der Waals surface area contributed by atoms with Crippen LogP contribution in [0.1, 0.15) is 18.9 Å². The van der Waals surface area contributed by atoms with Crippen LogP contribution in [0.3, 0.4) is 0 Å². The molecule has 3 aromatic rings. The fraction of sp³-hybridized carbons (Fsp3) is 0.312. The normalized spacial score (nSPS) is 14.3. The molecule has 0 saturated heterocycles. The van der Waals surface area contributed by atoms with E-state index in [2.05, 4.69) is 37.2 Å². The van der Waals surface area contributed by atoms with Gasteiger partial charge in [-0.1, -0.05) is 30.0 Å². The maximum absolute atomic E-state index is 11.5. The van der Waals surface area contributed by atoms with Gasteiger partial charge in [-0.3, -0.25) is 9.36 Å². The third kappa shape index (κ3) is 2.61. The van der Waals surface area contributed by atoms with Gasteiger partial charge in [0, 0.05) is 35.8 Å². The molecule has 1 fully saturated rings. The minimum absolute atomic E-state index is 0.00556. The van der Waals surface area contributed by atoms with E-state index in [1.54, 1.807) is 7.05 Å². The van der Waals surface area contributed by atoms with Gasteiger partial charge in [0.05, 0.1) is 5.75 Å². The highest BCUT2D eigenvalue weighted by molar-refractivity contribution is 7.99. The first-order valence-corrected chi connectivity index (χ1v) is 8.61. The van der Waals surface area contributed by atoms with E-state index in [9.17, 15) is 4.79 Å². The number of hydrogen-bond donors (Lipinski definition) is 2. The van der Waals surface area contributed by atoms with Crippen LogP contribution in [0.2, 0.25) is 0 Å². The first kappa shape index (κ1) is 14.3. The van der Waals surface area contributed by atoms with E-state index < -0.39 is 0 Å². The molecule has 1 amide bonds. The summed E-state index contributed by atoms with van der Waals surface area (Å²) in [4.78, 5) is 14.8. The molecule has 2 heterocycles. The average Bonchev–Trinajstić information content (AvgIpc) is 3.19. The van der Waals surface area contributed by atoms with Gasteiger partial charge in [0.2, 0.25) is 5.91 Å². The van der Waals surface area contributed by atoms with Crippen LogP contribution in [0, 0.1) is 0 Å². The second-order valence-corrected chi connectivity index (χ2v) is 6.56. The molecule has 7 heteroatoms. The summed E-state index contributed by atoms with van der Waals surface area (Å²) in [6.07, 6.45) is 4.27. The van der Waals surface area contributed by atoms with Crippen LogP contribution in [-0.2, 0) is 4.79 Å². The average molecular weight is 327 g/mol. The van der Waals surface area contributed by atoms with Crippen molar-refractivity contribution in [2.75, 3.05) is 12.8 Å². The van der Waals surface area contributed by atoms with Crippen molar-refractivity contribution in [1.82, 2.24) is 25.1 Å². The zero-order valence-corrected chi connectivity index (χ0v) is 13.6. The SMILES string of the molecule is CNC(=O)CSc1nnc(-c2c[nH]c3ccccc23)n1C1CC1. The molecule has 4 rings (SSSR count). The van der Waals surface area contributed by atoms with Crippen LogP contribution in [0.15, 0.2) is 35.6 Å². The predicted molar refractivity (Wildman–Crippen MR) is 90.4 cm³/mol. The maximum atomic E-state index is 11.5. The Balaban J connectivity index is 1.74. The molecule has 6 nitrogen and oxygen atoms in total. The number of thioether (sulfide) groups is 1. The fourth-order valence-electron chi connectivity index (χ4n) is 2.68. The van der Waals surface area contributed by atoms with Crippen LogP contribution in [0.4, 0.5) is 0 Å². The third-order valence-corrected chi connectivity index (χ3v) is 4.96. The molecule has 2 aromatic heterocycles. The lowest BCUT2D eigenvalue weighted by Crippen LogP contribution is -2.20. The number of carbonyl (C=O) groups is 1. The Bertz CT molecular complexity index is 864. The summed E-state index contributed by atoms with van der Waals surface area (Å²) >= 11 is 1.44. The highest BCUT2D eigenvalue weighted by Gasteiger charge is 2.31. The van der Waals surface area contributed by atoms with E-state index in [4.69, 9.17) is 0 Å². The Morgan fingerprint density at radius 2 is 2.22 bits per heavy atom. The summed E-state index contributed by atoms with van der Waals surface area (Å²) in [6, 6.07) is 8.63. The van der Waals surface area contributed by atoms with Gasteiger partial charge in [0.1, 0.15) is 0 Å². The van der Waals surface area contributed by atoms with E-state index >= 15 is 0 Å². The van der Waals surface area contributed by atoms with Crippen molar-refractivity contribution in [3.63, 3.8) is 0 Å². The molecule has 1 aromatic carbocycles. The number of aromatic amines is 1. The van der Waals surface area contributed by atoms with E-state index in [0.717, 1.165) is 40.3 Å². The third-order valence-electron chi connectivity index (χ3n) is 4.02. The van der Waals surface area contributed by atoms with E-state index in [1.807, 2.05) is 18.3 Å². The predicted octanol–water partition coefficient (Wildman–Crippen LogP) is 2.60. The standard InChI is InChI=1S/C16H17N5OS/c1-17-14(22)9-23-16-20-19-15(21(16)10-6-7-10)12-8-18-13-5-3-2-4-11(12)13/h2-5,8,10,18H,6-7,9H2,1H3,(H,17,22). The molecule has 118 valence electrons. The van der Waals surface area contributed by atoms with Crippen LogP contribution in [-0.4, -0.2) is 38.5 Å². The summed E-state index contributed by atoms with van der Waals surface area (Å²) < 4.78 is 2.18. The minimum Gasteiger partial charge on any atom is -0.360 e. The van der Waals surface area contributed by atoms with E-state index in [1.165, 1.54) is 11.8 Å². The molecule has 2 N–H and O–H groups in total. The van der Waals surface area contributed by atoms with Gasteiger partial charge in [-0.05, 0) is 18.9 Å². The number of nitrogens with one attached hydrogen (secondary N) is 2. The van der Waals surface area contributed by atoms with Crippen LogP contribution in [0.25, 0.3) is 22.3 Å². The first-order chi connectivity index (χ1) is 11.3. The number of benzene rings is 1. The molecule has 0 aliphatic heterocycles. The number of aromatic nitrogens is 4. The summed E-state index contributed by atoms with van der Waals surface area (Å²) in [7, 11) is 1.64. The zero-order chi connectivity index (χ0) is 15.8. The monoisotopic (exact) mass is 327 g/mol. The number of carbonyl (C=O) groups excluding carboxylic acids is 1. The lowest BCUT2D eigenvalue weighted by Gasteiger charge is -2.08. The Hall–Kier alpha value is -2.28. The summed E-state index contributed by atoms with van der Waals surface area (Å²) in [6.45, 7) is 0. The fourth-order valence-corrected chi connectivity index (χ4v) is 3.56. The lowest BCUT2D eigenvalue weighted by molar-refractivity contribution is -0.118. The van der Waals surface area contributed by atoms with Crippen LogP contribution >= 0.6 is 11.8 Å². The Kier molecular flexibility index (Phi) is 3.57. The molecular weight excluding hydrogens is 310 g/mol. The minimum atomic E-state index is -0.00556. The molecular formula is C16H17N5OS. The summed E-state index contributed by atoms with van der Waals surface area (Å²) in [5, 5.41) is 13.3. The number of H-pyrrole nitrogens is 1. The van der Waals surface area contributed by atoms with Crippen molar-refractivity contribution in [3.8, 4) is 11.4 Å². The largest absolute Gasteiger partial charge is 0.360 e. The van der Waals surface area contributed by atoms with Crippen LogP contribution in [0.5, 0.6) is 0 Å². The molecule has 23 heavy (non-hydrogen) atoms. The van der Waals surface area contributed by atoms with E-state index in [0.29, 0.717) is 11.8 Å². The highest BCUT2D eigenvalue weighted by atomic mass is 32.2. The number of para-hydroxylation sites is 1.